The molecule has 1 aromatic carbocycles. The molecule has 0 unspecified atom stereocenters. The van der Waals surface area contributed by atoms with E-state index in [9.17, 15) is 4.79 Å². The fraction of sp³-hybridized carbons (Fsp3) is 0.412. The van der Waals surface area contributed by atoms with Crippen molar-refractivity contribution in [2.45, 2.75) is 26.8 Å². The Labute approximate surface area is 141 Å². The molecule has 6 heteroatoms. The second-order valence-corrected chi connectivity index (χ2v) is 6.11. The summed E-state index contributed by atoms with van der Waals surface area (Å²) in [5.41, 5.74) is 3.68. The molecule has 23 heavy (non-hydrogen) atoms. The maximum absolute atomic E-state index is 12.4. The van der Waals surface area contributed by atoms with Gasteiger partial charge in [0.25, 0.3) is 5.56 Å². The third-order valence-corrected chi connectivity index (χ3v) is 4.30. The number of benzene rings is 1. The van der Waals surface area contributed by atoms with E-state index in [1.807, 2.05) is 30.9 Å². The number of hydrogen-bond donors (Lipinski definition) is 3. The van der Waals surface area contributed by atoms with Gasteiger partial charge in [-0.15, -0.1) is 0 Å². The number of thiocarbonyl (C=S) groups is 1. The van der Waals surface area contributed by atoms with Crippen LogP contribution < -0.4 is 10.9 Å². The molecule has 3 N–H and O–H groups in total. The van der Waals surface area contributed by atoms with Gasteiger partial charge in [-0.05, 0) is 55.7 Å². The van der Waals surface area contributed by atoms with Gasteiger partial charge in [0.1, 0.15) is 0 Å². The number of fused-ring (bicyclic) bond motifs is 1. The van der Waals surface area contributed by atoms with E-state index in [1.54, 1.807) is 7.05 Å². The summed E-state index contributed by atoms with van der Waals surface area (Å²) in [5, 5.41) is 13.6. The molecule has 0 atom stereocenters. The highest BCUT2D eigenvalue weighted by atomic mass is 32.1. The highest BCUT2D eigenvalue weighted by Gasteiger charge is 2.12. The molecule has 2 rings (SSSR count). The number of aromatic nitrogens is 1. The maximum atomic E-state index is 12.4. The van der Waals surface area contributed by atoms with Gasteiger partial charge in [-0.25, -0.2) is 0 Å². The summed E-state index contributed by atoms with van der Waals surface area (Å²) in [7, 11) is 1.76. The number of aryl methyl sites for hydroxylation is 2. The fourth-order valence-corrected chi connectivity index (χ4v) is 2.87. The van der Waals surface area contributed by atoms with E-state index in [-0.39, 0.29) is 12.2 Å². The molecule has 124 valence electrons. The van der Waals surface area contributed by atoms with Crippen LogP contribution in [0.5, 0.6) is 0 Å². The smallest absolute Gasteiger partial charge is 0.253 e. The Balaban J connectivity index is 2.39. The van der Waals surface area contributed by atoms with Gasteiger partial charge in [0.15, 0.2) is 5.11 Å². The molecule has 1 heterocycles. The molecular formula is C17H23N3O2S. The van der Waals surface area contributed by atoms with Crippen LogP contribution >= 0.6 is 12.2 Å². The lowest BCUT2D eigenvalue weighted by Gasteiger charge is -2.24. The Kier molecular flexibility index (Phi) is 5.74. The summed E-state index contributed by atoms with van der Waals surface area (Å²) in [4.78, 5) is 17.2. The topological polar surface area (TPSA) is 68.4 Å². The molecule has 0 amide bonds. The highest BCUT2D eigenvalue weighted by Crippen LogP contribution is 2.19. The van der Waals surface area contributed by atoms with Crippen molar-refractivity contribution >= 4 is 28.2 Å². The second kappa shape index (κ2) is 7.57. The van der Waals surface area contributed by atoms with E-state index in [1.165, 1.54) is 0 Å². The van der Waals surface area contributed by atoms with Gasteiger partial charge >= 0.3 is 0 Å². The van der Waals surface area contributed by atoms with Crippen LogP contribution in [0.3, 0.4) is 0 Å². The minimum Gasteiger partial charge on any atom is -0.396 e. The van der Waals surface area contributed by atoms with Crippen LogP contribution in [0.4, 0.5) is 0 Å². The Bertz CT molecular complexity index is 770. The van der Waals surface area contributed by atoms with E-state index in [2.05, 4.69) is 16.4 Å². The Morgan fingerprint density at radius 3 is 2.74 bits per heavy atom. The summed E-state index contributed by atoms with van der Waals surface area (Å²) < 4.78 is 0. The van der Waals surface area contributed by atoms with Crippen molar-refractivity contribution in [1.82, 2.24) is 15.2 Å². The zero-order valence-corrected chi connectivity index (χ0v) is 14.6. The van der Waals surface area contributed by atoms with E-state index < -0.39 is 0 Å². The monoisotopic (exact) mass is 333 g/mol. The second-order valence-electron chi connectivity index (χ2n) is 5.72. The third kappa shape index (κ3) is 4.09. The fourth-order valence-electron chi connectivity index (χ4n) is 2.71. The molecule has 2 aromatic rings. The molecule has 0 aliphatic carbocycles. The van der Waals surface area contributed by atoms with Crippen LogP contribution in [-0.4, -0.2) is 40.3 Å². The molecule has 0 saturated heterocycles. The van der Waals surface area contributed by atoms with Crippen molar-refractivity contribution in [3.05, 3.63) is 45.2 Å². The van der Waals surface area contributed by atoms with Crippen molar-refractivity contribution in [2.75, 3.05) is 20.2 Å². The molecular weight excluding hydrogens is 310 g/mol. The highest BCUT2D eigenvalue weighted by molar-refractivity contribution is 7.80. The third-order valence-electron chi connectivity index (χ3n) is 3.84. The van der Waals surface area contributed by atoms with Crippen LogP contribution in [0.2, 0.25) is 0 Å². The number of aromatic amines is 1. The van der Waals surface area contributed by atoms with Gasteiger partial charge in [0, 0.05) is 36.7 Å². The van der Waals surface area contributed by atoms with Crippen molar-refractivity contribution in [1.29, 1.82) is 0 Å². The summed E-state index contributed by atoms with van der Waals surface area (Å²) in [6.45, 7) is 5.16. The van der Waals surface area contributed by atoms with Crippen LogP contribution in [0, 0.1) is 13.8 Å². The van der Waals surface area contributed by atoms with Gasteiger partial charge in [-0.2, -0.15) is 0 Å². The minimum atomic E-state index is -0.101. The average molecular weight is 333 g/mol. The average Bonchev–Trinajstić information content (AvgIpc) is 2.51. The molecule has 0 saturated carbocycles. The zero-order valence-electron chi connectivity index (χ0n) is 13.8. The first-order chi connectivity index (χ1) is 11.0. The molecule has 0 spiro atoms. The Hall–Kier alpha value is -1.92. The largest absolute Gasteiger partial charge is 0.396 e. The van der Waals surface area contributed by atoms with Gasteiger partial charge < -0.3 is 20.3 Å². The van der Waals surface area contributed by atoms with E-state index in [4.69, 9.17) is 17.3 Å². The van der Waals surface area contributed by atoms with E-state index in [0.717, 1.165) is 22.0 Å². The van der Waals surface area contributed by atoms with E-state index >= 15 is 0 Å². The predicted octanol–water partition coefficient (Wildman–Crippen LogP) is 1.83. The zero-order chi connectivity index (χ0) is 17.0. The standard InChI is InChI=1S/C17H23N3O2S/c1-11-7-12(2)14-9-13(16(22)19-15(14)8-11)10-20(5-4-6-21)17(23)18-3/h7-9,21H,4-6,10H2,1-3H3,(H,18,23)(H,19,22). The molecule has 0 radical (unpaired) electrons. The molecule has 0 bridgehead atoms. The maximum Gasteiger partial charge on any atom is 0.253 e. The molecule has 1 aromatic heterocycles. The van der Waals surface area contributed by atoms with Crippen LogP contribution in [-0.2, 0) is 6.54 Å². The quantitative estimate of drug-likeness (QED) is 0.729. The minimum absolute atomic E-state index is 0.0925. The van der Waals surface area contributed by atoms with Crippen molar-refractivity contribution < 1.29 is 5.11 Å². The number of nitrogens with one attached hydrogen (secondary N) is 2. The number of aliphatic hydroxyl groups is 1. The number of aliphatic hydroxyl groups excluding tert-OH is 1. The van der Waals surface area contributed by atoms with Gasteiger partial charge in [0.05, 0.1) is 6.54 Å². The number of H-pyrrole nitrogens is 1. The summed E-state index contributed by atoms with van der Waals surface area (Å²) >= 11 is 5.29. The number of pyridine rings is 1. The lowest BCUT2D eigenvalue weighted by atomic mass is 10.0. The Morgan fingerprint density at radius 1 is 1.35 bits per heavy atom. The lowest BCUT2D eigenvalue weighted by Crippen LogP contribution is -2.39. The molecule has 0 aliphatic rings. The van der Waals surface area contributed by atoms with Crippen LogP contribution in [0.1, 0.15) is 23.1 Å². The molecule has 5 nitrogen and oxygen atoms in total. The van der Waals surface area contributed by atoms with Gasteiger partial charge in [0.2, 0.25) is 0 Å². The summed E-state index contributed by atoms with van der Waals surface area (Å²) in [6.07, 6.45) is 0.603. The normalized spacial score (nSPS) is 10.8. The number of nitrogens with zero attached hydrogens (tertiary/aromatic N) is 1. The van der Waals surface area contributed by atoms with E-state index in [0.29, 0.717) is 30.2 Å². The SMILES string of the molecule is CNC(=S)N(CCCO)Cc1cc2c(C)cc(C)cc2[nH]c1=O. The lowest BCUT2D eigenvalue weighted by molar-refractivity contribution is 0.264. The van der Waals surface area contributed by atoms with Crippen molar-refractivity contribution in [3.63, 3.8) is 0 Å². The predicted molar refractivity (Wildman–Crippen MR) is 97.8 cm³/mol. The molecule has 0 fully saturated rings. The number of hydrogen-bond acceptors (Lipinski definition) is 3. The van der Waals surface area contributed by atoms with Crippen molar-refractivity contribution in [3.8, 4) is 0 Å². The van der Waals surface area contributed by atoms with Crippen LogP contribution in [0.15, 0.2) is 23.0 Å². The van der Waals surface area contributed by atoms with Gasteiger partial charge in [-0.3, -0.25) is 4.79 Å². The first-order valence-electron chi connectivity index (χ1n) is 7.67. The van der Waals surface area contributed by atoms with Gasteiger partial charge in [-0.1, -0.05) is 6.07 Å². The number of rotatable bonds is 5. The summed E-state index contributed by atoms with van der Waals surface area (Å²) in [6, 6.07) is 6.02. The summed E-state index contributed by atoms with van der Waals surface area (Å²) in [5.74, 6) is 0. The van der Waals surface area contributed by atoms with Crippen molar-refractivity contribution in [2.24, 2.45) is 0 Å². The van der Waals surface area contributed by atoms with Crippen LogP contribution in [0.25, 0.3) is 10.9 Å². The molecule has 0 aliphatic heterocycles. The first-order valence-corrected chi connectivity index (χ1v) is 8.07. The Morgan fingerprint density at radius 2 is 2.09 bits per heavy atom. The first kappa shape index (κ1) is 17.4.